The summed E-state index contributed by atoms with van der Waals surface area (Å²) in [5, 5.41) is 0.244. The second-order valence-corrected chi connectivity index (χ2v) is 3.48. The third-order valence-electron chi connectivity index (χ3n) is 1.97. The summed E-state index contributed by atoms with van der Waals surface area (Å²) in [5.74, 6) is -1.18. The quantitative estimate of drug-likeness (QED) is 0.753. The van der Waals surface area contributed by atoms with Crippen molar-refractivity contribution in [3.8, 4) is 0 Å². The molecule has 5 heteroatoms. The number of hydrogen-bond donors (Lipinski definition) is 0. The van der Waals surface area contributed by atoms with Gasteiger partial charge in [-0.1, -0.05) is 11.6 Å². The van der Waals surface area contributed by atoms with Gasteiger partial charge in [-0.2, -0.15) is 0 Å². The molecule has 0 N–H and O–H groups in total. The van der Waals surface area contributed by atoms with Crippen LogP contribution in [0.2, 0.25) is 5.02 Å². The van der Waals surface area contributed by atoms with Gasteiger partial charge < -0.3 is 0 Å². The van der Waals surface area contributed by atoms with Gasteiger partial charge in [-0.3, -0.25) is 9.78 Å². The van der Waals surface area contributed by atoms with E-state index in [2.05, 4.69) is 9.97 Å². The Labute approximate surface area is 95.9 Å². The van der Waals surface area contributed by atoms with Crippen LogP contribution >= 0.6 is 11.6 Å². The molecule has 16 heavy (non-hydrogen) atoms. The average molecular weight is 237 g/mol. The van der Waals surface area contributed by atoms with Gasteiger partial charge in [0.15, 0.2) is 0 Å². The lowest BCUT2D eigenvalue weighted by Crippen LogP contribution is -2.06. The van der Waals surface area contributed by atoms with Gasteiger partial charge in [-0.25, -0.2) is 9.37 Å². The summed E-state index contributed by atoms with van der Waals surface area (Å²) >= 11 is 5.59. The van der Waals surface area contributed by atoms with Gasteiger partial charge >= 0.3 is 0 Å². The van der Waals surface area contributed by atoms with E-state index in [1.54, 1.807) is 0 Å². The van der Waals surface area contributed by atoms with Gasteiger partial charge in [0, 0.05) is 17.4 Å². The molecule has 2 aromatic rings. The topological polar surface area (TPSA) is 42.9 Å². The lowest BCUT2D eigenvalue weighted by atomic mass is 10.1. The fraction of sp³-hybridized carbons (Fsp3) is 0. The number of hydrogen-bond acceptors (Lipinski definition) is 3. The standard InChI is InChI=1S/C11H6ClFN2O/c12-7-1-2-8(9(13)5-7)11(16)10-6-14-3-4-15-10/h1-6H. The molecule has 0 aliphatic carbocycles. The molecule has 1 aromatic carbocycles. The predicted molar refractivity (Wildman–Crippen MR) is 56.9 cm³/mol. The minimum Gasteiger partial charge on any atom is -0.287 e. The largest absolute Gasteiger partial charge is 0.287 e. The van der Waals surface area contributed by atoms with Gasteiger partial charge in [0.05, 0.1) is 11.8 Å². The molecule has 0 atom stereocenters. The van der Waals surface area contributed by atoms with E-state index in [1.807, 2.05) is 0 Å². The van der Waals surface area contributed by atoms with Crippen molar-refractivity contribution in [3.63, 3.8) is 0 Å². The highest BCUT2D eigenvalue weighted by Crippen LogP contribution is 2.16. The van der Waals surface area contributed by atoms with Gasteiger partial charge in [0.25, 0.3) is 0 Å². The van der Waals surface area contributed by atoms with Crippen LogP contribution in [0.15, 0.2) is 36.8 Å². The predicted octanol–water partition coefficient (Wildman–Crippen LogP) is 2.50. The lowest BCUT2D eigenvalue weighted by Gasteiger charge is -2.01. The van der Waals surface area contributed by atoms with Crippen LogP contribution in [-0.4, -0.2) is 15.8 Å². The SMILES string of the molecule is O=C(c1cnccn1)c1ccc(Cl)cc1F. The molecule has 0 aliphatic heterocycles. The molecule has 0 bridgehead atoms. The summed E-state index contributed by atoms with van der Waals surface area (Å²) in [7, 11) is 0. The number of nitrogens with zero attached hydrogens (tertiary/aromatic N) is 2. The van der Waals surface area contributed by atoms with E-state index in [0.29, 0.717) is 0 Å². The Bertz CT molecular complexity index is 531. The minimum atomic E-state index is -0.664. The van der Waals surface area contributed by atoms with Gasteiger partial charge in [-0.15, -0.1) is 0 Å². The first-order chi connectivity index (χ1) is 7.68. The lowest BCUT2D eigenvalue weighted by molar-refractivity contribution is 0.103. The summed E-state index contributed by atoms with van der Waals surface area (Å²) in [6.07, 6.45) is 4.10. The van der Waals surface area contributed by atoms with Crippen LogP contribution < -0.4 is 0 Å². The summed E-state index contributed by atoms with van der Waals surface area (Å²) in [4.78, 5) is 19.3. The van der Waals surface area contributed by atoms with Crippen molar-refractivity contribution in [2.75, 3.05) is 0 Å². The van der Waals surface area contributed by atoms with Crippen LogP contribution in [-0.2, 0) is 0 Å². The molecular formula is C11H6ClFN2O. The fourth-order valence-electron chi connectivity index (χ4n) is 1.23. The zero-order valence-electron chi connectivity index (χ0n) is 8.02. The van der Waals surface area contributed by atoms with Crippen molar-refractivity contribution in [3.05, 3.63) is 58.9 Å². The van der Waals surface area contributed by atoms with Crippen LogP contribution in [0, 0.1) is 5.82 Å². The first-order valence-electron chi connectivity index (χ1n) is 4.44. The van der Waals surface area contributed by atoms with Crippen LogP contribution in [0.5, 0.6) is 0 Å². The summed E-state index contributed by atoms with van der Waals surface area (Å²) in [5.41, 5.74) is 0.0358. The number of halogens is 2. The Kier molecular flexibility index (Phi) is 2.92. The van der Waals surface area contributed by atoms with Gasteiger partial charge in [0.1, 0.15) is 11.5 Å². The number of carbonyl (C=O) groups is 1. The Morgan fingerprint density at radius 1 is 1.31 bits per heavy atom. The smallest absolute Gasteiger partial charge is 0.215 e. The maximum Gasteiger partial charge on any atom is 0.215 e. The number of benzene rings is 1. The second-order valence-electron chi connectivity index (χ2n) is 3.04. The Morgan fingerprint density at radius 3 is 2.75 bits per heavy atom. The number of carbonyl (C=O) groups excluding carboxylic acids is 1. The molecule has 3 nitrogen and oxygen atoms in total. The molecule has 0 fully saturated rings. The Balaban J connectivity index is 2.42. The van der Waals surface area contributed by atoms with Crippen molar-refractivity contribution in [1.29, 1.82) is 0 Å². The maximum atomic E-state index is 13.4. The molecule has 2 rings (SSSR count). The zero-order valence-corrected chi connectivity index (χ0v) is 8.78. The molecule has 0 aliphatic rings. The Morgan fingerprint density at radius 2 is 2.12 bits per heavy atom. The number of rotatable bonds is 2. The molecule has 0 saturated carbocycles. The van der Waals surface area contributed by atoms with Crippen LogP contribution in [0.1, 0.15) is 16.1 Å². The molecule has 1 heterocycles. The average Bonchev–Trinajstić information content (AvgIpc) is 2.29. The van der Waals surface area contributed by atoms with Crippen LogP contribution in [0.3, 0.4) is 0 Å². The monoisotopic (exact) mass is 236 g/mol. The number of aromatic nitrogens is 2. The van der Waals surface area contributed by atoms with E-state index in [-0.39, 0.29) is 16.3 Å². The third kappa shape index (κ3) is 2.06. The molecule has 0 radical (unpaired) electrons. The molecule has 0 saturated heterocycles. The normalized spacial score (nSPS) is 10.1. The van der Waals surface area contributed by atoms with E-state index in [1.165, 1.54) is 30.7 Å². The number of ketones is 1. The van der Waals surface area contributed by atoms with Crippen molar-refractivity contribution in [1.82, 2.24) is 9.97 Å². The zero-order chi connectivity index (χ0) is 11.5. The molecule has 0 spiro atoms. The van der Waals surface area contributed by atoms with E-state index < -0.39 is 11.6 Å². The van der Waals surface area contributed by atoms with Crippen molar-refractivity contribution < 1.29 is 9.18 Å². The summed E-state index contributed by atoms with van der Waals surface area (Å²) < 4.78 is 13.4. The third-order valence-corrected chi connectivity index (χ3v) is 2.21. The molecule has 80 valence electrons. The highest BCUT2D eigenvalue weighted by molar-refractivity contribution is 6.30. The molecule has 1 aromatic heterocycles. The molecule has 0 amide bonds. The van der Waals surface area contributed by atoms with E-state index in [9.17, 15) is 9.18 Å². The molecular weight excluding hydrogens is 231 g/mol. The highest BCUT2D eigenvalue weighted by Gasteiger charge is 2.15. The molecule has 0 unspecified atom stereocenters. The first-order valence-corrected chi connectivity index (χ1v) is 4.82. The maximum absolute atomic E-state index is 13.4. The fourth-order valence-corrected chi connectivity index (χ4v) is 1.39. The minimum absolute atomic E-state index is 0.0649. The van der Waals surface area contributed by atoms with E-state index in [0.717, 1.165) is 6.07 Å². The summed E-state index contributed by atoms with van der Waals surface area (Å²) in [6, 6.07) is 3.87. The van der Waals surface area contributed by atoms with Crippen molar-refractivity contribution in [2.24, 2.45) is 0 Å². The van der Waals surface area contributed by atoms with Crippen LogP contribution in [0.25, 0.3) is 0 Å². The first kappa shape index (κ1) is 10.7. The van der Waals surface area contributed by atoms with Crippen LogP contribution in [0.4, 0.5) is 4.39 Å². The van der Waals surface area contributed by atoms with Gasteiger partial charge in [-0.05, 0) is 18.2 Å². The van der Waals surface area contributed by atoms with E-state index >= 15 is 0 Å². The van der Waals surface area contributed by atoms with Crippen molar-refractivity contribution >= 4 is 17.4 Å². The van der Waals surface area contributed by atoms with E-state index in [4.69, 9.17) is 11.6 Å². The highest BCUT2D eigenvalue weighted by atomic mass is 35.5. The Hall–Kier alpha value is -1.81. The van der Waals surface area contributed by atoms with Crippen molar-refractivity contribution in [2.45, 2.75) is 0 Å². The second kappa shape index (κ2) is 4.37. The van der Waals surface area contributed by atoms with Gasteiger partial charge in [0.2, 0.25) is 5.78 Å². The summed E-state index contributed by atoms with van der Waals surface area (Å²) in [6.45, 7) is 0.